The summed E-state index contributed by atoms with van der Waals surface area (Å²) in [6, 6.07) is 10.0. The highest BCUT2D eigenvalue weighted by molar-refractivity contribution is 7.62. The Labute approximate surface area is 74.2 Å². The first-order chi connectivity index (χ1) is 5.64. The molecule has 1 nitrogen and oxygen atoms in total. The number of hydrogen-bond acceptors (Lipinski definition) is 1. The second-order valence-electron chi connectivity index (χ2n) is 3.26. The lowest BCUT2D eigenvalue weighted by Gasteiger charge is -2.09. The highest BCUT2D eigenvalue weighted by Gasteiger charge is 2.11. The lowest BCUT2D eigenvalue weighted by atomic mass is 10.2. The maximum atomic E-state index is 11.8. The van der Waals surface area contributed by atoms with Crippen LogP contribution in [0.4, 0.5) is 0 Å². The minimum atomic E-state index is -1.90. The summed E-state index contributed by atoms with van der Waals surface area (Å²) < 4.78 is 11.8. The SMILES string of the molecule is CCP(C)(=O)Cc1ccccc1. The summed E-state index contributed by atoms with van der Waals surface area (Å²) in [5.74, 6) is 0. The highest BCUT2D eigenvalue weighted by atomic mass is 31.2. The maximum absolute atomic E-state index is 11.8. The van der Waals surface area contributed by atoms with E-state index in [4.69, 9.17) is 0 Å². The summed E-state index contributed by atoms with van der Waals surface area (Å²) in [7, 11) is -1.90. The molecule has 0 bridgehead atoms. The molecular formula is C10H15OP. The Bertz CT molecular complexity index is 279. The first-order valence-electron chi connectivity index (χ1n) is 4.23. The van der Waals surface area contributed by atoms with Crippen LogP contribution >= 0.6 is 7.14 Å². The second-order valence-corrected chi connectivity index (χ2v) is 6.80. The van der Waals surface area contributed by atoms with Gasteiger partial charge in [0.15, 0.2) is 0 Å². The van der Waals surface area contributed by atoms with E-state index in [9.17, 15) is 4.57 Å². The molecule has 0 heterocycles. The molecule has 0 aliphatic carbocycles. The molecule has 12 heavy (non-hydrogen) atoms. The summed E-state index contributed by atoms with van der Waals surface area (Å²) in [5, 5.41) is 0. The van der Waals surface area contributed by atoms with Gasteiger partial charge >= 0.3 is 0 Å². The molecule has 0 N–H and O–H groups in total. The van der Waals surface area contributed by atoms with Crippen LogP contribution in [0.25, 0.3) is 0 Å². The Morgan fingerprint density at radius 2 is 1.83 bits per heavy atom. The van der Waals surface area contributed by atoms with Gasteiger partial charge in [-0.2, -0.15) is 0 Å². The lowest BCUT2D eigenvalue weighted by Crippen LogP contribution is -1.88. The van der Waals surface area contributed by atoms with Gasteiger partial charge in [0.1, 0.15) is 0 Å². The molecule has 0 fully saturated rings. The van der Waals surface area contributed by atoms with Crippen LogP contribution in [0.2, 0.25) is 0 Å². The largest absolute Gasteiger partial charge is 0.324 e. The Balaban J connectivity index is 2.71. The Morgan fingerprint density at radius 3 is 2.33 bits per heavy atom. The molecule has 1 atom stereocenters. The van der Waals surface area contributed by atoms with Gasteiger partial charge in [0, 0.05) is 6.16 Å². The molecule has 1 aromatic rings. The van der Waals surface area contributed by atoms with Crippen molar-refractivity contribution in [2.75, 3.05) is 12.8 Å². The van der Waals surface area contributed by atoms with Gasteiger partial charge in [-0.15, -0.1) is 0 Å². The molecule has 0 spiro atoms. The van der Waals surface area contributed by atoms with Crippen molar-refractivity contribution in [2.45, 2.75) is 13.1 Å². The lowest BCUT2D eigenvalue weighted by molar-refractivity contribution is 0.578. The van der Waals surface area contributed by atoms with Crippen LogP contribution in [-0.4, -0.2) is 12.8 Å². The third kappa shape index (κ3) is 2.83. The van der Waals surface area contributed by atoms with Gasteiger partial charge in [-0.1, -0.05) is 37.3 Å². The molecule has 0 aromatic heterocycles. The van der Waals surface area contributed by atoms with E-state index < -0.39 is 7.14 Å². The topological polar surface area (TPSA) is 17.1 Å². The standard InChI is InChI=1S/C10H15OP/c1-3-12(2,11)9-10-7-5-4-6-8-10/h4-8H,3,9H2,1-2H3. The van der Waals surface area contributed by atoms with E-state index >= 15 is 0 Å². The average Bonchev–Trinajstić information content (AvgIpc) is 2.06. The molecule has 0 aliphatic heterocycles. The minimum Gasteiger partial charge on any atom is -0.324 e. The predicted octanol–water partition coefficient (Wildman–Crippen LogP) is 3.20. The van der Waals surface area contributed by atoms with Crippen LogP contribution < -0.4 is 0 Å². The van der Waals surface area contributed by atoms with Gasteiger partial charge in [0.2, 0.25) is 0 Å². The van der Waals surface area contributed by atoms with Crippen molar-refractivity contribution in [3.8, 4) is 0 Å². The number of benzene rings is 1. The fourth-order valence-electron chi connectivity index (χ4n) is 1.08. The van der Waals surface area contributed by atoms with Gasteiger partial charge in [-0.25, -0.2) is 0 Å². The van der Waals surface area contributed by atoms with Crippen LogP contribution in [0.1, 0.15) is 12.5 Å². The minimum absolute atomic E-state index is 0.740. The van der Waals surface area contributed by atoms with Gasteiger partial charge < -0.3 is 4.57 Å². The quantitative estimate of drug-likeness (QED) is 0.656. The third-order valence-corrected chi connectivity index (χ3v) is 4.40. The third-order valence-electron chi connectivity index (χ3n) is 2.03. The molecular weight excluding hydrogens is 167 g/mol. The second kappa shape index (κ2) is 3.91. The van der Waals surface area contributed by atoms with Crippen LogP contribution in [-0.2, 0) is 10.7 Å². The Kier molecular flexibility index (Phi) is 3.11. The summed E-state index contributed by atoms with van der Waals surface area (Å²) in [6.45, 7) is 3.86. The zero-order valence-electron chi connectivity index (χ0n) is 7.66. The van der Waals surface area contributed by atoms with Crippen LogP contribution in [0.5, 0.6) is 0 Å². The molecule has 0 amide bonds. The summed E-state index contributed by atoms with van der Waals surface area (Å²) in [4.78, 5) is 0. The van der Waals surface area contributed by atoms with Crippen molar-refractivity contribution in [3.05, 3.63) is 35.9 Å². The van der Waals surface area contributed by atoms with E-state index in [1.165, 1.54) is 5.56 Å². The van der Waals surface area contributed by atoms with Gasteiger partial charge in [0.25, 0.3) is 0 Å². The zero-order chi connectivity index (χ0) is 9.03. The monoisotopic (exact) mass is 182 g/mol. The molecule has 1 aromatic carbocycles. The molecule has 66 valence electrons. The van der Waals surface area contributed by atoms with Gasteiger partial charge in [-0.3, -0.25) is 0 Å². The molecule has 1 rings (SSSR count). The van der Waals surface area contributed by atoms with Crippen molar-refractivity contribution < 1.29 is 4.57 Å². The molecule has 0 saturated heterocycles. The zero-order valence-corrected chi connectivity index (χ0v) is 8.55. The van der Waals surface area contributed by atoms with Crippen molar-refractivity contribution in [1.82, 2.24) is 0 Å². The van der Waals surface area contributed by atoms with Crippen molar-refractivity contribution >= 4 is 7.14 Å². The van der Waals surface area contributed by atoms with Crippen molar-refractivity contribution in [1.29, 1.82) is 0 Å². The fourth-order valence-corrected chi connectivity index (χ4v) is 2.29. The molecule has 0 radical (unpaired) electrons. The van der Waals surface area contributed by atoms with E-state index in [2.05, 4.69) is 0 Å². The van der Waals surface area contributed by atoms with Crippen LogP contribution in [0.3, 0.4) is 0 Å². The van der Waals surface area contributed by atoms with E-state index in [1.54, 1.807) is 0 Å². The van der Waals surface area contributed by atoms with E-state index in [-0.39, 0.29) is 0 Å². The van der Waals surface area contributed by atoms with Crippen molar-refractivity contribution in [2.24, 2.45) is 0 Å². The van der Waals surface area contributed by atoms with Crippen LogP contribution in [0, 0.1) is 0 Å². The fraction of sp³-hybridized carbons (Fsp3) is 0.400. The van der Waals surface area contributed by atoms with E-state index in [0.717, 1.165) is 12.3 Å². The molecule has 0 saturated carbocycles. The smallest absolute Gasteiger partial charge is 0.0887 e. The predicted molar refractivity (Wildman–Crippen MR) is 54.2 cm³/mol. The van der Waals surface area contributed by atoms with Gasteiger partial charge in [0.05, 0.1) is 7.14 Å². The summed E-state index contributed by atoms with van der Waals surface area (Å²) in [5.41, 5.74) is 1.19. The van der Waals surface area contributed by atoms with Crippen LogP contribution in [0.15, 0.2) is 30.3 Å². The number of rotatable bonds is 3. The molecule has 0 aliphatic rings. The Hall–Kier alpha value is -0.550. The highest BCUT2D eigenvalue weighted by Crippen LogP contribution is 2.44. The average molecular weight is 182 g/mol. The molecule has 2 heteroatoms. The first-order valence-corrected chi connectivity index (χ1v) is 6.76. The maximum Gasteiger partial charge on any atom is 0.0887 e. The molecule has 1 unspecified atom stereocenters. The van der Waals surface area contributed by atoms with Gasteiger partial charge in [-0.05, 0) is 18.4 Å². The van der Waals surface area contributed by atoms with Crippen molar-refractivity contribution in [3.63, 3.8) is 0 Å². The van der Waals surface area contributed by atoms with E-state index in [0.29, 0.717) is 0 Å². The Morgan fingerprint density at radius 1 is 1.25 bits per heavy atom. The summed E-state index contributed by atoms with van der Waals surface area (Å²) in [6.07, 6.45) is 1.53. The first kappa shape index (κ1) is 9.54. The normalized spacial score (nSPS) is 15.5. The summed E-state index contributed by atoms with van der Waals surface area (Å²) >= 11 is 0. The number of hydrogen-bond donors (Lipinski definition) is 0. The van der Waals surface area contributed by atoms with E-state index in [1.807, 2.05) is 43.9 Å².